The van der Waals surface area contributed by atoms with Crippen LogP contribution in [0.5, 0.6) is 0 Å². The maximum Gasteiger partial charge on any atom is 0.146 e. The fourth-order valence-corrected chi connectivity index (χ4v) is 4.70. The number of aliphatic hydroxyl groups excluding tert-OH is 1. The van der Waals surface area contributed by atoms with E-state index >= 15 is 0 Å². The minimum atomic E-state index is -0.320. The molecule has 0 unspecified atom stereocenters. The predicted octanol–water partition coefficient (Wildman–Crippen LogP) is 4.14. The third-order valence-corrected chi connectivity index (χ3v) is 5.95. The van der Waals surface area contributed by atoms with E-state index in [9.17, 15) is 5.11 Å². The Morgan fingerprint density at radius 1 is 1.15 bits per heavy atom. The lowest BCUT2D eigenvalue weighted by Crippen LogP contribution is -2.36. The van der Waals surface area contributed by atoms with Crippen molar-refractivity contribution in [1.82, 2.24) is 14.9 Å². The molecule has 5 nitrogen and oxygen atoms in total. The number of benzene rings is 1. The van der Waals surface area contributed by atoms with Gasteiger partial charge in [0.2, 0.25) is 0 Å². The maximum absolute atomic E-state index is 10.4. The number of aromatic nitrogens is 2. The largest absolute Gasteiger partial charge is 0.391 e. The molecule has 1 saturated carbocycles. The van der Waals surface area contributed by atoms with E-state index in [-0.39, 0.29) is 12.1 Å². The molecule has 0 spiro atoms. The number of nitrogens with one attached hydrogen (secondary N) is 1. The number of aliphatic hydroxyl groups is 1. The van der Waals surface area contributed by atoms with Gasteiger partial charge in [-0.05, 0) is 32.5 Å². The first-order valence-electron chi connectivity index (χ1n) is 9.54. The first kappa shape index (κ1) is 18.3. The van der Waals surface area contributed by atoms with Gasteiger partial charge in [0.05, 0.1) is 24.1 Å². The van der Waals surface area contributed by atoms with Crippen molar-refractivity contribution in [3.8, 4) is 11.1 Å². The second kappa shape index (κ2) is 7.92. The molecule has 1 aromatic carbocycles. The van der Waals surface area contributed by atoms with Gasteiger partial charge < -0.3 is 15.3 Å². The molecule has 0 saturated heterocycles. The third-order valence-electron chi connectivity index (χ3n) is 5.07. The SMILES string of the molecule is CN(C)Cc1nc(N[C@H]2CCCC[C@@H]2O)c2c(-c3ccccc3)csc2n1. The van der Waals surface area contributed by atoms with Crippen LogP contribution in [0.3, 0.4) is 0 Å². The molecule has 1 aliphatic rings. The van der Waals surface area contributed by atoms with Crippen LogP contribution in [0.2, 0.25) is 0 Å². The Labute approximate surface area is 164 Å². The summed E-state index contributed by atoms with van der Waals surface area (Å²) in [4.78, 5) is 12.7. The number of nitrogens with zero attached hydrogens (tertiary/aromatic N) is 3. The molecule has 0 amide bonds. The Balaban J connectivity index is 1.80. The number of rotatable bonds is 5. The van der Waals surface area contributed by atoms with Gasteiger partial charge in [-0.1, -0.05) is 43.2 Å². The zero-order valence-electron chi connectivity index (χ0n) is 15.9. The van der Waals surface area contributed by atoms with Gasteiger partial charge in [-0.25, -0.2) is 9.97 Å². The first-order valence-corrected chi connectivity index (χ1v) is 10.4. The predicted molar refractivity (Wildman–Crippen MR) is 112 cm³/mol. The fraction of sp³-hybridized carbons (Fsp3) is 0.429. The van der Waals surface area contributed by atoms with Gasteiger partial charge in [0.1, 0.15) is 16.5 Å². The molecule has 2 N–H and O–H groups in total. The third kappa shape index (κ3) is 3.98. The summed E-state index contributed by atoms with van der Waals surface area (Å²) < 4.78 is 0. The number of anilines is 1. The van der Waals surface area contributed by atoms with Crippen molar-refractivity contribution in [1.29, 1.82) is 0 Å². The van der Waals surface area contributed by atoms with Crippen LogP contribution in [0.4, 0.5) is 5.82 Å². The van der Waals surface area contributed by atoms with Gasteiger partial charge in [0, 0.05) is 10.9 Å². The van der Waals surface area contributed by atoms with Crippen LogP contribution >= 0.6 is 11.3 Å². The highest BCUT2D eigenvalue weighted by Gasteiger charge is 2.25. The summed E-state index contributed by atoms with van der Waals surface area (Å²) in [6, 6.07) is 10.4. The summed E-state index contributed by atoms with van der Waals surface area (Å²) in [5, 5.41) is 17.2. The van der Waals surface area contributed by atoms with Gasteiger partial charge >= 0.3 is 0 Å². The van der Waals surface area contributed by atoms with E-state index in [1.807, 2.05) is 20.2 Å². The highest BCUT2D eigenvalue weighted by Crippen LogP contribution is 2.38. The average Bonchev–Trinajstić information content (AvgIpc) is 3.08. The molecule has 0 aliphatic heterocycles. The summed E-state index contributed by atoms with van der Waals surface area (Å²) in [6.45, 7) is 0.691. The standard InChI is InChI=1S/C21H26N4OS/c1-25(2)12-18-23-20(22-16-10-6-7-11-17(16)26)19-15(13-27-21(19)24-18)14-8-4-3-5-9-14/h3-5,8-9,13,16-17,26H,6-7,10-12H2,1-2H3,(H,22,23,24)/t16-,17-/m0/s1. The van der Waals surface area contributed by atoms with E-state index in [0.29, 0.717) is 6.54 Å². The smallest absolute Gasteiger partial charge is 0.146 e. The minimum absolute atomic E-state index is 0.0487. The molecule has 1 fully saturated rings. The lowest BCUT2D eigenvalue weighted by molar-refractivity contribution is 0.116. The number of thiophene rings is 1. The lowest BCUT2D eigenvalue weighted by Gasteiger charge is -2.29. The molecule has 2 atom stereocenters. The number of hydrogen-bond acceptors (Lipinski definition) is 6. The fourth-order valence-electron chi connectivity index (χ4n) is 3.73. The van der Waals surface area contributed by atoms with Crippen molar-refractivity contribution in [2.45, 2.75) is 44.4 Å². The lowest BCUT2D eigenvalue weighted by atomic mass is 9.92. The van der Waals surface area contributed by atoms with Crippen molar-refractivity contribution >= 4 is 27.4 Å². The van der Waals surface area contributed by atoms with Crippen LogP contribution in [0.1, 0.15) is 31.5 Å². The quantitative estimate of drug-likeness (QED) is 0.695. The average molecular weight is 383 g/mol. The van der Waals surface area contributed by atoms with Crippen LogP contribution in [0, 0.1) is 0 Å². The van der Waals surface area contributed by atoms with Crippen molar-refractivity contribution in [2.75, 3.05) is 19.4 Å². The van der Waals surface area contributed by atoms with E-state index in [1.54, 1.807) is 11.3 Å². The maximum atomic E-state index is 10.4. The monoisotopic (exact) mass is 382 g/mol. The molecule has 1 aliphatic carbocycles. The summed E-state index contributed by atoms with van der Waals surface area (Å²) in [7, 11) is 4.05. The zero-order valence-corrected chi connectivity index (χ0v) is 16.7. The summed E-state index contributed by atoms with van der Waals surface area (Å²) >= 11 is 1.65. The van der Waals surface area contributed by atoms with Crippen molar-refractivity contribution in [3.63, 3.8) is 0 Å². The molecule has 3 aromatic rings. The van der Waals surface area contributed by atoms with E-state index in [0.717, 1.165) is 53.1 Å². The molecule has 4 rings (SSSR count). The Morgan fingerprint density at radius 3 is 2.67 bits per heavy atom. The second-order valence-corrected chi connectivity index (χ2v) is 8.38. The van der Waals surface area contributed by atoms with E-state index < -0.39 is 0 Å². The van der Waals surface area contributed by atoms with Crippen LogP contribution < -0.4 is 5.32 Å². The van der Waals surface area contributed by atoms with E-state index in [2.05, 4.69) is 39.9 Å². The minimum Gasteiger partial charge on any atom is -0.391 e. The molecule has 142 valence electrons. The Kier molecular flexibility index (Phi) is 5.38. The van der Waals surface area contributed by atoms with Gasteiger partial charge in [-0.2, -0.15) is 0 Å². The summed E-state index contributed by atoms with van der Waals surface area (Å²) in [6.07, 6.45) is 3.74. The Hall–Kier alpha value is -2.02. The molecule has 27 heavy (non-hydrogen) atoms. The highest BCUT2D eigenvalue weighted by molar-refractivity contribution is 7.17. The molecular weight excluding hydrogens is 356 g/mol. The molecule has 6 heteroatoms. The van der Waals surface area contributed by atoms with Crippen LogP contribution in [-0.2, 0) is 6.54 Å². The Morgan fingerprint density at radius 2 is 1.93 bits per heavy atom. The van der Waals surface area contributed by atoms with Crippen molar-refractivity contribution in [2.24, 2.45) is 0 Å². The summed E-state index contributed by atoms with van der Waals surface area (Å²) in [5.74, 6) is 1.66. The van der Waals surface area contributed by atoms with Gasteiger partial charge in [-0.3, -0.25) is 0 Å². The van der Waals surface area contributed by atoms with Gasteiger partial charge in [-0.15, -0.1) is 11.3 Å². The molecule has 0 bridgehead atoms. The second-order valence-electron chi connectivity index (χ2n) is 7.52. The molecule has 2 aromatic heterocycles. The topological polar surface area (TPSA) is 61.3 Å². The molecular formula is C21H26N4OS. The van der Waals surface area contributed by atoms with Crippen molar-refractivity contribution < 1.29 is 5.11 Å². The van der Waals surface area contributed by atoms with Crippen LogP contribution in [0.25, 0.3) is 21.3 Å². The van der Waals surface area contributed by atoms with Crippen LogP contribution in [0.15, 0.2) is 35.7 Å². The first-order chi connectivity index (χ1) is 13.1. The zero-order chi connectivity index (χ0) is 18.8. The van der Waals surface area contributed by atoms with Crippen LogP contribution in [-0.4, -0.2) is 46.2 Å². The van der Waals surface area contributed by atoms with Gasteiger partial charge in [0.25, 0.3) is 0 Å². The van der Waals surface area contributed by atoms with Gasteiger partial charge in [0.15, 0.2) is 0 Å². The van der Waals surface area contributed by atoms with Crippen molar-refractivity contribution in [3.05, 3.63) is 41.5 Å². The molecule has 2 heterocycles. The van der Waals surface area contributed by atoms with E-state index in [4.69, 9.17) is 9.97 Å². The van der Waals surface area contributed by atoms with E-state index in [1.165, 1.54) is 5.56 Å². The number of hydrogen-bond donors (Lipinski definition) is 2. The Bertz CT molecular complexity index is 909. The number of fused-ring (bicyclic) bond motifs is 1. The molecule has 0 radical (unpaired) electrons. The normalized spacial score (nSPS) is 20.3. The summed E-state index contributed by atoms with van der Waals surface area (Å²) in [5.41, 5.74) is 2.32. The highest BCUT2D eigenvalue weighted by atomic mass is 32.1.